The molecule has 1 saturated heterocycles. The van der Waals surface area contributed by atoms with E-state index < -0.39 is 0 Å². The fourth-order valence-corrected chi connectivity index (χ4v) is 2.74. The van der Waals surface area contributed by atoms with Crippen molar-refractivity contribution in [2.45, 2.75) is 44.9 Å². The maximum Gasteiger partial charge on any atom is 0.308 e. The van der Waals surface area contributed by atoms with Crippen LogP contribution < -0.4 is 0 Å². The quantitative estimate of drug-likeness (QED) is 0.687. The number of likely N-dealkylation sites (tertiary alicyclic amines) is 1. The van der Waals surface area contributed by atoms with Crippen molar-refractivity contribution < 1.29 is 9.53 Å². The molecule has 0 radical (unpaired) electrons. The van der Waals surface area contributed by atoms with Crippen LogP contribution in [0.2, 0.25) is 0 Å². The van der Waals surface area contributed by atoms with E-state index in [0.29, 0.717) is 6.61 Å². The smallest absolute Gasteiger partial charge is 0.308 e. The highest BCUT2D eigenvalue weighted by Crippen LogP contribution is 2.25. The van der Waals surface area contributed by atoms with Gasteiger partial charge in [0.15, 0.2) is 0 Å². The second-order valence-corrected chi connectivity index (χ2v) is 5.05. The van der Waals surface area contributed by atoms with E-state index in [4.69, 9.17) is 4.74 Å². The van der Waals surface area contributed by atoms with E-state index in [1.54, 1.807) is 0 Å². The Hall–Kier alpha value is -0.570. The van der Waals surface area contributed by atoms with Crippen molar-refractivity contribution in [1.29, 1.82) is 0 Å². The van der Waals surface area contributed by atoms with E-state index in [-0.39, 0.29) is 11.9 Å². The molecular formula is C13H23NO2. The fourth-order valence-electron chi connectivity index (χ4n) is 2.74. The van der Waals surface area contributed by atoms with Gasteiger partial charge < -0.3 is 4.74 Å². The van der Waals surface area contributed by atoms with Gasteiger partial charge in [-0.3, -0.25) is 9.69 Å². The summed E-state index contributed by atoms with van der Waals surface area (Å²) in [5.41, 5.74) is 0. The van der Waals surface area contributed by atoms with E-state index >= 15 is 0 Å². The van der Waals surface area contributed by atoms with Gasteiger partial charge in [-0.15, -0.1) is 0 Å². The Bertz CT molecular complexity index is 218. The summed E-state index contributed by atoms with van der Waals surface area (Å²) in [5.74, 6) is 0.260. The Balaban J connectivity index is 1.57. The lowest BCUT2D eigenvalue weighted by Crippen LogP contribution is -2.33. The number of carbonyl (C=O) groups excluding carboxylic acids is 1. The number of nitrogens with zero attached hydrogens (tertiary/aromatic N) is 1. The Kier molecular flexibility index (Phi) is 4.64. The molecule has 2 fully saturated rings. The highest BCUT2D eigenvalue weighted by molar-refractivity contribution is 5.72. The van der Waals surface area contributed by atoms with Gasteiger partial charge in [0, 0.05) is 6.54 Å². The lowest BCUT2D eigenvalue weighted by molar-refractivity contribution is -0.148. The number of ether oxygens (including phenoxy) is 1. The summed E-state index contributed by atoms with van der Waals surface area (Å²) >= 11 is 0. The molecule has 0 bridgehead atoms. The van der Waals surface area contributed by atoms with Gasteiger partial charge in [0.05, 0.1) is 5.92 Å². The average Bonchev–Trinajstić information content (AvgIpc) is 2.84. The van der Waals surface area contributed by atoms with E-state index in [1.165, 1.54) is 45.2 Å². The molecule has 0 aromatic carbocycles. The topological polar surface area (TPSA) is 29.5 Å². The molecule has 0 aromatic heterocycles. The first-order chi connectivity index (χ1) is 7.86. The van der Waals surface area contributed by atoms with E-state index in [1.807, 2.05) is 0 Å². The van der Waals surface area contributed by atoms with Crippen LogP contribution in [0.15, 0.2) is 0 Å². The largest absolute Gasteiger partial charge is 0.464 e. The number of hydrogen-bond acceptors (Lipinski definition) is 3. The van der Waals surface area contributed by atoms with Crippen LogP contribution in [0.4, 0.5) is 0 Å². The van der Waals surface area contributed by atoms with Crippen LogP contribution in [-0.4, -0.2) is 37.1 Å². The molecule has 1 saturated carbocycles. The van der Waals surface area contributed by atoms with Crippen molar-refractivity contribution in [3.8, 4) is 0 Å². The first-order valence-electron chi connectivity index (χ1n) is 6.75. The van der Waals surface area contributed by atoms with Crippen molar-refractivity contribution in [2.75, 3.05) is 26.2 Å². The summed E-state index contributed by atoms with van der Waals surface area (Å²) in [6, 6.07) is 0. The molecule has 3 heteroatoms. The van der Waals surface area contributed by atoms with Crippen molar-refractivity contribution in [3.05, 3.63) is 0 Å². The van der Waals surface area contributed by atoms with Gasteiger partial charge in [-0.25, -0.2) is 0 Å². The number of rotatable bonds is 4. The minimum Gasteiger partial charge on any atom is -0.464 e. The molecule has 92 valence electrons. The third kappa shape index (κ3) is 3.48. The third-order valence-electron chi connectivity index (χ3n) is 3.79. The van der Waals surface area contributed by atoms with Gasteiger partial charge >= 0.3 is 5.97 Å². The van der Waals surface area contributed by atoms with Crippen LogP contribution in [-0.2, 0) is 9.53 Å². The average molecular weight is 225 g/mol. The summed E-state index contributed by atoms with van der Waals surface area (Å²) in [4.78, 5) is 14.1. The van der Waals surface area contributed by atoms with Gasteiger partial charge in [0.1, 0.15) is 6.61 Å². The highest BCUT2D eigenvalue weighted by atomic mass is 16.5. The van der Waals surface area contributed by atoms with Crippen LogP contribution in [0.1, 0.15) is 44.9 Å². The summed E-state index contributed by atoms with van der Waals surface area (Å²) in [7, 11) is 0. The van der Waals surface area contributed by atoms with E-state index in [0.717, 1.165) is 19.4 Å². The van der Waals surface area contributed by atoms with Gasteiger partial charge in [-0.2, -0.15) is 0 Å². The lowest BCUT2D eigenvalue weighted by Gasteiger charge is -2.26. The molecule has 2 rings (SSSR count). The molecule has 0 spiro atoms. The summed E-state index contributed by atoms with van der Waals surface area (Å²) in [6.07, 6.45) is 8.45. The molecule has 0 aromatic rings. The summed E-state index contributed by atoms with van der Waals surface area (Å²) in [5, 5.41) is 0. The SMILES string of the molecule is O=C(OCCN1CCCCC1)C1CCCC1. The zero-order valence-corrected chi connectivity index (χ0v) is 10.1. The normalized spacial score (nSPS) is 23.5. The Morgan fingerprint density at radius 2 is 1.75 bits per heavy atom. The second kappa shape index (κ2) is 6.24. The van der Waals surface area contributed by atoms with Crippen LogP contribution in [0.25, 0.3) is 0 Å². The molecule has 0 atom stereocenters. The molecule has 0 N–H and O–H groups in total. The zero-order chi connectivity index (χ0) is 11.2. The monoisotopic (exact) mass is 225 g/mol. The van der Waals surface area contributed by atoms with Crippen LogP contribution >= 0.6 is 0 Å². The Labute approximate surface area is 98.1 Å². The minimum absolute atomic E-state index is 0.0505. The number of esters is 1. The minimum atomic E-state index is 0.0505. The predicted molar refractivity (Wildman–Crippen MR) is 63.2 cm³/mol. The van der Waals surface area contributed by atoms with Crippen LogP contribution in [0.3, 0.4) is 0 Å². The number of piperidine rings is 1. The first-order valence-corrected chi connectivity index (χ1v) is 6.75. The fraction of sp³-hybridized carbons (Fsp3) is 0.923. The molecule has 1 aliphatic heterocycles. The van der Waals surface area contributed by atoms with E-state index in [9.17, 15) is 4.79 Å². The van der Waals surface area contributed by atoms with Crippen LogP contribution in [0.5, 0.6) is 0 Å². The molecule has 0 unspecified atom stereocenters. The zero-order valence-electron chi connectivity index (χ0n) is 10.1. The lowest BCUT2D eigenvalue weighted by atomic mass is 10.1. The van der Waals surface area contributed by atoms with Gasteiger partial charge in [0.25, 0.3) is 0 Å². The standard InChI is InChI=1S/C13H23NO2/c15-13(12-6-2-3-7-12)16-11-10-14-8-4-1-5-9-14/h12H,1-11H2. The maximum absolute atomic E-state index is 11.6. The first kappa shape index (κ1) is 11.9. The molecular weight excluding hydrogens is 202 g/mol. The Morgan fingerprint density at radius 3 is 2.44 bits per heavy atom. The number of hydrogen-bond donors (Lipinski definition) is 0. The summed E-state index contributed by atoms with van der Waals surface area (Å²) in [6.45, 7) is 3.88. The third-order valence-corrected chi connectivity index (χ3v) is 3.79. The Morgan fingerprint density at radius 1 is 1.06 bits per heavy atom. The molecule has 1 aliphatic carbocycles. The van der Waals surface area contributed by atoms with Crippen molar-refractivity contribution >= 4 is 5.97 Å². The molecule has 16 heavy (non-hydrogen) atoms. The molecule has 0 amide bonds. The van der Waals surface area contributed by atoms with Crippen molar-refractivity contribution in [1.82, 2.24) is 4.90 Å². The van der Waals surface area contributed by atoms with Crippen molar-refractivity contribution in [3.63, 3.8) is 0 Å². The van der Waals surface area contributed by atoms with Gasteiger partial charge in [-0.1, -0.05) is 19.3 Å². The van der Waals surface area contributed by atoms with Crippen molar-refractivity contribution in [2.24, 2.45) is 5.92 Å². The van der Waals surface area contributed by atoms with Crippen LogP contribution in [0, 0.1) is 5.92 Å². The molecule has 3 nitrogen and oxygen atoms in total. The predicted octanol–water partition coefficient (Wildman–Crippen LogP) is 2.21. The highest BCUT2D eigenvalue weighted by Gasteiger charge is 2.24. The summed E-state index contributed by atoms with van der Waals surface area (Å²) < 4.78 is 5.35. The molecule has 1 heterocycles. The van der Waals surface area contributed by atoms with E-state index in [2.05, 4.69) is 4.90 Å². The maximum atomic E-state index is 11.6. The van der Waals surface area contributed by atoms with Gasteiger partial charge in [0.2, 0.25) is 0 Å². The number of carbonyl (C=O) groups is 1. The van der Waals surface area contributed by atoms with Gasteiger partial charge in [-0.05, 0) is 38.8 Å². The molecule has 2 aliphatic rings. The second-order valence-electron chi connectivity index (χ2n) is 5.05.